The molecule has 2 aromatic carbocycles. The second-order valence-electron chi connectivity index (χ2n) is 7.78. The van der Waals surface area contributed by atoms with Gasteiger partial charge in [-0.3, -0.25) is 4.79 Å². The number of hydrogen-bond donors (Lipinski definition) is 0. The van der Waals surface area contributed by atoms with Gasteiger partial charge >= 0.3 is 0 Å². The van der Waals surface area contributed by atoms with E-state index in [-0.39, 0.29) is 5.91 Å². The van der Waals surface area contributed by atoms with Crippen molar-refractivity contribution in [1.82, 2.24) is 4.98 Å². The molecule has 3 rings (SSSR count). The molecule has 0 aliphatic heterocycles. The minimum absolute atomic E-state index is 0.0434. The number of aromatic nitrogens is 1. The van der Waals surface area contributed by atoms with Crippen molar-refractivity contribution in [2.75, 3.05) is 18.6 Å². The Hall–Kier alpha value is -3.54. The van der Waals surface area contributed by atoms with Crippen LogP contribution in [0.4, 0.5) is 5.69 Å². The highest BCUT2D eigenvalue weighted by Gasteiger charge is 2.22. The maximum absolute atomic E-state index is 13.1. The van der Waals surface area contributed by atoms with Crippen molar-refractivity contribution >= 4 is 11.6 Å². The van der Waals surface area contributed by atoms with E-state index in [1.165, 1.54) is 0 Å². The Kier molecular flexibility index (Phi) is 8.30. The van der Waals surface area contributed by atoms with Gasteiger partial charge in [0.1, 0.15) is 22.9 Å². The van der Waals surface area contributed by atoms with Crippen LogP contribution in [0.15, 0.2) is 54.7 Å². The third-order valence-corrected chi connectivity index (χ3v) is 5.46. The second kappa shape index (κ2) is 11.4. The van der Waals surface area contributed by atoms with Gasteiger partial charge in [-0.25, -0.2) is 4.98 Å². The molecule has 3 aromatic rings. The quantitative estimate of drug-likeness (QED) is 0.368. The molecule has 1 aromatic heterocycles. The molecule has 0 N–H and O–H groups in total. The Labute approximate surface area is 196 Å². The van der Waals surface area contributed by atoms with Crippen LogP contribution in [0.25, 0.3) is 0 Å². The molecule has 174 valence electrons. The van der Waals surface area contributed by atoms with Crippen LogP contribution >= 0.6 is 0 Å². The highest BCUT2D eigenvalue weighted by molar-refractivity contribution is 5.94. The Morgan fingerprint density at radius 3 is 2.58 bits per heavy atom. The molecule has 33 heavy (non-hydrogen) atoms. The zero-order chi connectivity index (χ0) is 23.8. The smallest absolute Gasteiger partial charge is 0.243 e. The van der Waals surface area contributed by atoms with Gasteiger partial charge in [0.2, 0.25) is 11.8 Å². The molecule has 6 heteroatoms. The molecular formula is C27H32N2O4. The van der Waals surface area contributed by atoms with Crippen molar-refractivity contribution in [3.63, 3.8) is 0 Å². The summed E-state index contributed by atoms with van der Waals surface area (Å²) in [5.74, 6) is 2.49. The molecule has 0 spiro atoms. The number of amides is 1. The van der Waals surface area contributed by atoms with E-state index < -0.39 is 0 Å². The fourth-order valence-corrected chi connectivity index (χ4v) is 3.43. The molecular weight excluding hydrogens is 416 g/mol. The van der Waals surface area contributed by atoms with Crippen LogP contribution in [0.2, 0.25) is 0 Å². The fourth-order valence-electron chi connectivity index (χ4n) is 3.43. The van der Waals surface area contributed by atoms with Crippen molar-refractivity contribution in [1.29, 1.82) is 0 Å². The lowest BCUT2D eigenvalue weighted by Gasteiger charge is -2.25. The number of nitrogens with zero attached hydrogens (tertiary/aromatic N) is 2. The van der Waals surface area contributed by atoms with Gasteiger partial charge in [0.15, 0.2) is 0 Å². The summed E-state index contributed by atoms with van der Waals surface area (Å²) >= 11 is 0. The Morgan fingerprint density at radius 2 is 1.85 bits per heavy atom. The Morgan fingerprint density at radius 1 is 1.03 bits per heavy atom. The SMILES string of the molecule is CCCOc1ccc(OC)cc1CN(C(=O)CC)c1cccnc1Oc1cccc(C)c1C. The first-order valence-corrected chi connectivity index (χ1v) is 11.3. The average Bonchev–Trinajstić information content (AvgIpc) is 2.84. The molecule has 0 aliphatic carbocycles. The molecule has 0 bridgehead atoms. The van der Waals surface area contributed by atoms with E-state index in [1.54, 1.807) is 24.3 Å². The van der Waals surface area contributed by atoms with E-state index in [1.807, 2.05) is 63.2 Å². The summed E-state index contributed by atoms with van der Waals surface area (Å²) in [6.45, 7) is 8.84. The molecule has 0 aliphatic rings. The minimum atomic E-state index is -0.0434. The summed E-state index contributed by atoms with van der Waals surface area (Å²) in [4.78, 5) is 19.2. The topological polar surface area (TPSA) is 60.9 Å². The number of benzene rings is 2. The summed E-state index contributed by atoms with van der Waals surface area (Å²) in [6, 6.07) is 15.2. The summed E-state index contributed by atoms with van der Waals surface area (Å²) in [5, 5.41) is 0. The van der Waals surface area contributed by atoms with Crippen LogP contribution in [-0.2, 0) is 11.3 Å². The van der Waals surface area contributed by atoms with Crippen molar-refractivity contribution in [2.24, 2.45) is 0 Å². The van der Waals surface area contributed by atoms with Gasteiger partial charge in [0.05, 0.1) is 20.3 Å². The van der Waals surface area contributed by atoms with Crippen molar-refractivity contribution in [3.05, 3.63) is 71.4 Å². The number of rotatable bonds is 10. The Bertz CT molecular complexity index is 1100. The molecule has 1 amide bonds. The van der Waals surface area contributed by atoms with E-state index in [0.29, 0.717) is 42.6 Å². The zero-order valence-electron chi connectivity index (χ0n) is 20.1. The predicted molar refractivity (Wildman–Crippen MR) is 130 cm³/mol. The van der Waals surface area contributed by atoms with Gasteiger partial charge in [0, 0.05) is 18.2 Å². The molecule has 0 saturated heterocycles. The van der Waals surface area contributed by atoms with Crippen LogP contribution in [0.1, 0.15) is 43.4 Å². The first-order chi connectivity index (χ1) is 16.0. The van der Waals surface area contributed by atoms with Crippen LogP contribution in [0.5, 0.6) is 23.1 Å². The number of ether oxygens (including phenoxy) is 3. The predicted octanol–water partition coefficient (Wildman–Crippen LogP) is 6.23. The maximum atomic E-state index is 13.1. The molecule has 0 fully saturated rings. The van der Waals surface area contributed by atoms with E-state index in [9.17, 15) is 4.79 Å². The van der Waals surface area contributed by atoms with Crippen LogP contribution in [0.3, 0.4) is 0 Å². The lowest BCUT2D eigenvalue weighted by Crippen LogP contribution is -2.30. The van der Waals surface area contributed by atoms with Gasteiger partial charge in [0.25, 0.3) is 0 Å². The molecule has 0 saturated carbocycles. The van der Waals surface area contributed by atoms with E-state index in [0.717, 1.165) is 28.9 Å². The number of aryl methyl sites for hydroxylation is 1. The fraction of sp³-hybridized carbons (Fsp3) is 0.333. The number of carbonyl (C=O) groups excluding carboxylic acids is 1. The second-order valence-corrected chi connectivity index (χ2v) is 7.78. The summed E-state index contributed by atoms with van der Waals surface area (Å²) in [6.07, 6.45) is 2.90. The average molecular weight is 449 g/mol. The molecule has 0 unspecified atom stereocenters. The minimum Gasteiger partial charge on any atom is -0.497 e. The standard InChI is InChI=1S/C27H32N2O4/c1-6-16-32-25-14-13-22(31-5)17-21(25)18-29(26(30)7-2)23-11-9-15-28-27(23)33-24-12-8-10-19(3)20(24)4/h8-15,17H,6-7,16,18H2,1-5H3. The van der Waals surface area contributed by atoms with E-state index >= 15 is 0 Å². The number of methoxy groups -OCH3 is 1. The van der Waals surface area contributed by atoms with Gasteiger partial charge in [-0.2, -0.15) is 0 Å². The van der Waals surface area contributed by atoms with Crippen molar-refractivity contribution < 1.29 is 19.0 Å². The van der Waals surface area contributed by atoms with Crippen molar-refractivity contribution in [3.8, 4) is 23.1 Å². The molecule has 0 atom stereocenters. The monoisotopic (exact) mass is 448 g/mol. The van der Waals surface area contributed by atoms with Crippen LogP contribution < -0.4 is 19.1 Å². The van der Waals surface area contributed by atoms with Crippen molar-refractivity contribution in [2.45, 2.75) is 47.1 Å². The zero-order valence-corrected chi connectivity index (χ0v) is 20.1. The van der Waals surface area contributed by atoms with E-state index in [4.69, 9.17) is 14.2 Å². The first kappa shape index (κ1) is 24.1. The summed E-state index contributed by atoms with van der Waals surface area (Å²) in [5.41, 5.74) is 3.62. The van der Waals surface area contributed by atoms with Gasteiger partial charge in [-0.15, -0.1) is 0 Å². The van der Waals surface area contributed by atoms with Gasteiger partial charge < -0.3 is 19.1 Å². The number of hydrogen-bond acceptors (Lipinski definition) is 5. The first-order valence-electron chi connectivity index (χ1n) is 11.3. The van der Waals surface area contributed by atoms with Crippen LogP contribution in [0, 0.1) is 13.8 Å². The van der Waals surface area contributed by atoms with Gasteiger partial charge in [-0.1, -0.05) is 26.0 Å². The number of anilines is 1. The third kappa shape index (κ3) is 5.83. The summed E-state index contributed by atoms with van der Waals surface area (Å²) in [7, 11) is 1.62. The molecule has 1 heterocycles. The highest BCUT2D eigenvalue weighted by Crippen LogP contribution is 2.35. The maximum Gasteiger partial charge on any atom is 0.243 e. The molecule has 6 nitrogen and oxygen atoms in total. The highest BCUT2D eigenvalue weighted by atomic mass is 16.5. The van der Waals surface area contributed by atoms with Crippen LogP contribution in [-0.4, -0.2) is 24.6 Å². The normalized spacial score (nSPS) is 10.6. The number of pyridine rings is 1. The third-order valence-electron chi connectivity index (χ3n) is 5.46. The molecule has 0 radical (unpaired) electrons. The lowest BCUT2D eigenvalue weighted by atomic mass is 10.1. The lowest BCUT2D eigenvalue weighted by molar-refractivity contribution is -0.118. The van der Waals surface area contributed by atoms with Gasteiger partial charge in [-0.05, 0) is 67.8 Å². The summed E-state index contributed by atoms with van der Waals surface area (Å²) < 4.78 is 17.6. The largest absolute Gasteiger partial charge is 0.497 e. The van der Waals surface area contributed by atoms with E-state index in [2.05, 4.69) is 11.9 Å². The number of carbonyl (C=O) groups is 1. The Balaban J connectivity index is 2.02.